The molecule has 0 amide bonds. The Bertz CT molecular complexity index is 603. The molecule has 2 rings (SSSR count). The Morgan fingerprint density at radius 2 is 0.955 bits per heavy atom. The monoisotopic (exact) mass is 302 g/mol. The van der Waals surface area contributed by atoms with Crippen LogP contribution in [0.1, 0.15) is 59.1 Å². The Morgan fingerprint density at radius 3 is 1.18 bits per heavy atom. The van der Waals surface area contributed by atoms with E-state index in [4.69, 9.17) is 0 Å². The van der Waals surface area contributed by atoms with Gasteiger partial charge in [0.15, 0.2) is 0 Å². The Labute approximate surface area is 131 Å². The van der Waals surface area contributed by atoms with Crippen LogP contribution in [0.15, 0.2) is 0 Å². The quantitative estimate of drug-likeness (QED) is 0.812. The molecule has 0 bridgehead atoms. The van der Waals surface area contributed by atoms with E-state index in [1.165, 1.54) is 0 Å². The Morgan fingerprint density at radius 1 is 0.682 bits per heavy atom. The second kappa shape index (κ2) is 5.41. The summed E-state index contributed by atoms with van der Waals surface area (Å²) in [6.07, 6.45) is 0. The fourth-order valence-electron chi connectivity index (χ4n) is 4.23. The van der Waals surface area contributed by atoms with E-state index < -0.39 is 35.6 Å². The summed E-state index contributed by atoms with van der Waals surface area (Å²) in [6, 6.07) is 0. The molecule has 0 fully saturated rings. The molecule has 0 saturated carbocycles. The van der Waals surface area contributed by atoms with Gasteiger partial charge in [0.05, 0.1) is 0 Å². The summed E-state index contributed by atoms with van der Waals surface area (Å²) in [5, 5.41) is 23.2. The van der Waals surface area contributed by atoms with E-state index in [0.717, 1.165) is 33.4 Å². The van der Waals surface area contributed by atoms with Crippen LogP contribution >= 0.6 is 0 Å². The van der Waals surface area contributed by atoms with Crippen LogP contribution in [0.4, 0.5) is 0 Å². The molecular weight excluding hydrogens is 280 g/mol. The molecule has 1 aliphatic rings. The van der Waals surface area contributed by atoms with Crippen LogP contribution in [-0.4, -0.2) is 11.9 Å². The summed E-state index contributed by atoms with van der Waals surface area (Å²) < 4.78 is 0. The first kappa shape index (κ1) is 16.5. The molecule has 0 spiro atoms. The minimum atomic E-state index is -1.31. The number of rotatable bonds is 2. The summed E-state index contributed by atoms with van der Waals surface area (Å²) in [7, 11) is 0. The second-order valence-electron chi connectivity index (χ2n) is 6.59. The summed E-state index contributed by atoms with van der Waals surface area (Å²) in [4.78, 5) is 23.2. The zero-order valence-corrected chi connectivity index (χ0v) is 13.9. The van der Waals surface area contributed by atoms with Gasteiger partial charge in [-0.25, -0.2) is 0 Å². The largest absolute Gasteiger partial charge is 0.550 e. The number of fused-ring (bicyclic) bond motifs is 1. The first-order chi connectivity index (χ1) is 10.1. The summed E-state index contributed by atoms with van der Waals surface area (Å²) >= 11 is 0. The van der Waals surface area contributed by atoms with Gasteiger partial charge >= 0.3 is 0 Å². The molecule has 4 unspecified atom stereocenters. The molecule has 0 radical (unpaired) electrons. The van der Waals surface area contributed by atoms with E-state index in [1.807, 2.05) is 27.7 Å². The van der Waals surface area contributed by atoms with Crippen molar-refractivity contribution >= 4 is 11.9 Å². The number of aliphatic carboxylic acids is 2. The van der Waals surface area contributed by atoms with Crippen LogP contribution in [0, 0.1) is 39.5 Å². The minimum absolute atomic E-state index is 0.405. The highest BCUT2D eigenvalue weighted by Crippen LogP contribution is 2.49. The second-order valence-corrected chi connectivity index (χ2v) is 6.59. The molecule has 0 N–H and O–H groups in total. The predicted octanol–water partition coefficient (Wildman–Crippen LogP) is 0.873. The molecule has 4 heteroatoms. The Hall–Kier alpha value is -1.84. The highest BCUT2D eigenvalue weighted by molar-refractivity contribution is 5.81. The Balaban J connectivity index is 2.84. The molecular formula is C18H22O4-2. The van der Waals surface area contributed by atoms with Gasteiger partial charge in [0.1, 0.15) is 0 Å². The van der Waals surface area contributed by atoms with E-state index in [2.05, 4.69) is 0 Å². The molecule has 0 heterocycles. The van der Waals surface area contributed by atoms with Crippen LogP contribution in [0.2, 0.25) is 0 Å². The summed E-state index contributed by atoms with van der Waals surface area (Å²) in [5.41, 5.74) is 6.33. The van der Waals surface area contributed by atoms with Gasteiger partial charge in [0, 0.05) is 23.8 Å². The molecule has 1 aromatic carbocycles. The lowest BCUT2D eigenvalue weighted by atomic mass is 9.62. The van der Waals surface area contributed by atoms with Crippen molar-refractivity contribution in [1.82, 2.24) is 0 Å². The molecule has 1 aliphatic carbocycles. The highest BCUT2D eigenvalue weighted by Gasteiger charge is 2.42. The van der Waals surface area contributed by atoms with Crippen LogP contribution in [-0.2, 0) is 9.59 Å². The van der Waals surface area contributed by atoms with E-state index in [9.17, 15) is 19.8 Å². The van der Waals surface area contributed by atoms with Crippen molar-refractivity contribution in [3.63, 3.8) is 0 Å². The molecule has 0 aromatic heterocycles. The number of carboxylic acid groups (broad SMARTS) is 2. The maximum atomic E-state index is 11.6. The van der Waals surface area contributed by atoms with Gasteiger partial charge in [-0.15, -0.1) is 0 Å². The van der Waals surface area contributed by atoms with Crippen molar-refractivity contribution in [2.45, 2.75) is 53.4 Å². The number of hydrogen-bond acceptors (Lipinski definition) is 4. The maximum Gasteiger partial charge on any atom is 0.0458 e. The van der Waals surface area contributed by atoms with Gasteiger partial charge in [0.2, 0.25) is 0 Å². The van der Waals surface area contributed by atoms with E-state index in [1.54, 1.807) is 13.8 Å². The lowest BCUT2D eigenvalue weighted by Crippen LogP contribution is -2.50. The third-order valence-electron chi connectivity index (χ3n) is 5.70. The molecule has 0 aliphatic heterocycles. The van der Waals surface area contributed by atoms with Gasteiger partial charge in [-0.1, -0.05) is 13.8 Å². The van der Waals surface area contributed by atoms with Crippen LogP contribution < -0.4 is 10.2 Å². The number of carbonyl (C=O) groups excluding carboxylic acids is 2. The van der Waals surface area contributed by atoms with Crippen molar-refractivity contribution in [3.8, 4) is 0 Å². The molecule has 22 heavy (non-hydrogen) atoms. The molecule has 4 atom stereocenters. The van der Waals surface area contributed by atoms with Crippen molar-refractivity contribution in [2.24, 2.45) is 11.8 Å². The predicted molar refractivity (Wildman–Crippen MR) is 79.2 cm³/mol. The van der Waals surface area contributed by atoms with Gasteiger partial charge in [-0.2, -0.15) is 0 Å². The minimum Gasteiger partial charge on any atom is -0.550 e. The van der Waals surface area contributed by atoms with E-state index in [0.29, 0.717) is 0 Å². The van der Waals surface area contributed by atoms with Gasteiger partial charge in [0.25, 0.3) is 0 Å². The average Bonchev–Trinajstić information content (AvgIpc) is 2.43. The van der Waals surface area contributed by atoms with E-state index >= 15 is 0 Å². The SMILES string of the molecule is Cc1c(C)c(C)c2c(c1C)C(C)C(C(=O)[O-])C(C(=O)[O-])C2C. The fourth-order valence-corrected chi connectivity index (χ4v) is 4.23. The van der Waals surface area contributed by atoms with Crippen molar-refractivity contribution < 1.29 is 19.8 Å². The zero-order chi connectivity index (χ0) is 16.9. The molecule has 4 nitrogen and oxygen atoms in total. The molecule has 120 valence electrons. The summed E-state index contributed by atoms with van der Waals surface area (Å²) in [6.45, 7) is 11.6. The number of hydrogen-bond donors (Lipinski definition) is 0. The molecule has 1 aromatic rings. The van der Waals surface area contributed by atoms with Crippen molar-refractivity contribution in [3.05, 3.63) is 33.4 Å². The lowest BCUT2D eigenvalue weighted by molar-refractivity contribution is -0.328. The summed E-state index contributed by atoms with van der Waals surface area (Å²) in [5.74, 6) is -5.56. The normalized spacial score (nSPS) is 27.4. The molecule has 0 saturated heterocycles. The van der Waals surface area contributed by atoms with Gasteiger partial charge in [-0.05, 0) is 72.9 Å². The Kier molecular flexibility index (Phi) is 4.07. The lowest BCUT2D eigenvalue weighted by Gasteiger charge is -2.45. The third kappa shape index (κ3) is 2.13. The first-order valence-electron chi connectivity index (χ1n) is 7.63. The first-order valence-corrected chi connectivity index (χ1v) is 7.63. The third-order valence-corrected chi connectivity index (χ3v) is 5.70. The van der Waals surface area contributed by atoms with Crippen LogP contribution in [0.25, 0.3) is 0 Å². The standard InChI is InChI=1S/C18H24O4/c1-7-8(2)10(4)14-12(6)16(18(21)22)15(17(19)20)11(5)13(14)9(7)3/h11-12,15-16H,1-6H3,(H,19,20)(H,21,22)/p-2. The van der Waals surface area contributed by atoms with Gasteiger partial charge < -0.3 is 19.8 Å². The number of carboxylic acids is 2. The topological polar surface area (TPSA) is 80.3 Å². The van der Waals surface area contributed by atoms with Crippen molar-refractivity contribution in [1.29, 1.82) is 0 Å². The smallest absolute Gasteiger partial charge is 0.0458 e. The zero-order valence-electron chi connectivity index (χ0n) is 13.9. The highest BCUT2D eigenvalue weighted by atomic mass is 16.4. The fraction of sp³-hybridized carbons (Fsp3) is 0.556. The number of benzene rings is 1. The van der Waals surface area contributed by atoms with Crippen molar-refractivity contribution in [2.75, 3.05) is 0 Å². The van der Waals surface area contributed by atoms with Crippen LogP contribution in [0.3, 0.4) is 0 Å². The maximum absolute atomic E-state index is 11.6. The van der Waals surface area contributed by atoms with Gasteiger partial charge in [-0.3, -0.25) is 0 Å². The number of carbonyl (C=O) groups is 2. The average molecular weight is 302 g/mol. The van der Waals surface area contributed by atoms with E-state index in [-0.39, 0.29) is 0 Å². The van der Waals surface area contributed by atoms with Crippen LogP contribution in [0.5, 0.6) is 0 Å².